The van der Waals surface area contributed by atoms with Crippen molar-refractivity contribution in [2.45, 2.75) is 18.2 Å². The van der Waals surface area contributed by atoms with Crippen LogP contribution in [-0.2, 0) is 9.53 Å². The van der Waals surface area contributed by atoms with Crippen molar-refractivity contribution >= 4 is 23.7 Å². The molecule has 0 bridgehead atoms. The van der Waals surface area contributed by atoms with Crippen LogP contribution < -0.4 is 0 Å². The average Bonchev–Trinajstić information content (AvgIpc) is 2.30. The number of carboxylic acid groups (broad SMARTS) is 1. The molecule has 0 aliphatic heterocycles. The van der Waals surface area contributed by atoms with Crippen molar-refractivity contribution in [2.24, 2.45) is 0 Å². The lowest BCUT2D eigenvalue weighted by atomic mass is 10.2. The maximum absolute atomic E-state index is 11.1. The molecule has 0 fully saturated rings. The molecule has 1 N–H and O–H groups in total. The Morgan fingerprint density at radius 2 is 2.06 bits per heavy atom. The summed E-state index contributed by atoms with van der Waals surface area (Å²) in [6, 6.07) is 6.74. The molecular formula is C12H14O4S. The Balaban J connectivity index is 2.52. The molecule has 4 nitrogen and oxygen atoms in total. The van der Waals surface area contributed by atoms with E-state index in [1.807, 2.05) is 0 Å². The normalized spacial score (nSPS) is 9.94. The lowest BCUT2D eigenvalue weighted by molar-refractivity contribution is -0.142. The number of ether oxygens (including phenoxy) is 1. The van der Waals surface area contributed by atoms with E-state index in [2.05, 4.69) is 0 Å². The molecule has 1 rings (SSSR count). The first-order valence-corrected chi connectivity index (χ1v) is 6.24. The predicted octanol–water partition coefficient (Wildman–Crippen LogP) is 2.43. The van der Waals surface area contributed by atoms with Gasteiger partial charge in [0.15, 0.2) is 0 Å². The van der Waals surface area contributed by atoms with Gasteiger partial charge >= 0.3 is 11.9 Å². The molecule has 0 aliphatic rings. The summed E-state index contributed by atoms with van der Waals surface area (Å²) >= 11 is 1.35. The zero-order valence-electron chi connectivity index (χ0n) is 9.51. The summed E-state index contributed by atoms with van der Waals surface area (Å²) in [6.07, 6.45) is 0.284. The minimum atomic E-state index is -0.954. The van der Waals surface area contributed by atoms with Crippen molar-refractivity contribution < 1.29 is 19.4 Å². The molecule has 0 spiro atoms. The molecule has 92 valence electrons. The Hall–Kier alpha value is -1.49. The van der Waals surface area contributed by atoms with Gasteiger partial charge in [0.05, 0.1) is 18.6 Å². The van der Waals surface area contributed by atoms with Crippen LogP contribution in [0.25, 0.3) is 0 Å². The van der Waals surface area contributed by atoms with Crippen molar-refractivity contribution in [3.8, 4) is 0 Å². The Morgan fingerprint density at radius 3 is 2.71 bits per heavy atom. The van der Waals surface area contributed by atoms with Crippen LogP contribution in [0.2, 0.25) is 0 Å². The van der Waals surface area contributed by atoms with Gasteiger partial charge in [0, 0.05) is 10.6 Å². The highest BCUT2D eigenvalue weighted by Gasteiger charge is 2.10. The molecule has 5 heteroatoms. The highest BCUT2D eigenvalue weighted by Crippen LogP contribution is 2.23. The summed E-state index contributed by atoms with van der Waals surface area (Å²) in [5.74, 6) is -0.694. The van der Waals surface area contributed by atoms with Gasteiger partial charge in [0.1, 0.15) is 0 Å². The standard InChI is InChI=1S/C12H14O4S/c1-2-16-11(13)7-8-17-10-6-4-3-5-9(10)12(14)15/h3-6H,2,7-8H2,1H3,(H,14,15). The summed E-state index contributed by atoms with van der Waals surface area (Å²) in [4.78, 5) is 22.7. The lowest BCUT2D eigenvalue weighted by Gasteiger charge is -2.05. The molecule has 0 radical (unpaired) electrons. The Kier molecular flexibility index (Phi) is 5.56. The van der Waals surface area contributed by atoms with Gasteiger partial charge in [-0.1, -0.05) is 12.1 Å². The molecule has 1 aromatic rings. The van der Waals surface area contributed by atoms with Gasteiger partial charge in [0.25, 0.3) is 0 Å². The maximum Gasteiger partial charge on any atom is 0.336 e. The van der Waals surface area contributed by atoms with Crippen LogP contribution in [0.1, 0.15) is 23.7 Å². The number of carbonyl (C=O) groups is 2. The molecular weight excluding hydrogens is 240 g/mol. The number of hydrogen-bond acceptors (Lipinski definition) is 4. The summed E-state index contributed by atoms with van der Waals surface area (Å²) in [7, 11) is 0. The minimum absolute atomic E-state index is 0.257. The molecule has 1 aromatic carbocycles. The number of benzene rings is 1. The minimum Gasteiger partial charge on any atom is -0.478 e. The Morgan fingerprint density at radius 1 is 1.35 bits per heavy atom. The van der Waals surface area contributed by atoms with Crippen LogP contribution in [0.4, 0.5) is 0 Å². The molecule has 0 heterocycles. The molecule has 17 heavy (non-hydrogen) atoms. The van der Waals surface area contributed by atoms with Gasteiger partial charge in [-0.2, -0.15) is 0 Å². The highest BCUT2D eigenvalue weighted by atomic mass is 32.2. The van der Waals surface area contributed by atoms with E-state index in [0.717, 1.165) is 0 Å². The first-order chi connectivity index (χ1) is 8.15. The van der Waals surface area contributed by atoms with E-state index in [-0.39, 0.29) is 18.0 Å². The van der Waals surface area contributed by atoms with E-state index in [4.69, 9.17) is 9.84 Å². The smallest absolute Gasteiger partial charge is 0.336 e. The van der Waals surface area contributed by atoms with Crippen molar-refractivity contribution in [3.63, 3.8) is 0 Å². The van der Waals surface area contributed by atoms with Crippen molar-refractivity contribution in [3.05, 3.63) is 29.8 Å². The molecule has 0 atom stereocenters. The van der Waals surface area contributed by atoms with Gasteiger partial charge in [0.2, 0.25) is 0 Å². The van der Waals surface area contributed by atoms with E-state index in [1.54, 1.807) is 31.2 Å². The molecule has 0 unspecified atom stereocenters. The fourth-order valence-corrected chi connectivity index (χ4v) is 2.22. The average molecular weight is 254 g/mol. The second-order valence-corrected chi connectivity index (χ2v) is 4.34. The van der Waals surface area contributed by atoms with E-state index in [1.165, 1.54) is 11.8 Å². The van der Waals surface area contributed by atoms with Gasteiger partial charge < -0.3 is 9.84 Å². The highest BCUT2D eigenvalue weighted by molar-refractivity contribution is 7.99. The van der Waals surface area contributed by atoms with E-state index >= 15 is 0 Å². The predicted molar refractivity (Wildman–Crippen MR) is 65.4 cm³/mol. The number of rotatable bonds is 6. The summed E-state index contributed by atoms with van der Waals surface area (Å²) in [5.41, 5.74) is 0.265. The van der Waals surface area contributed by atoms with E-state index in [0.29, 0.717) is 17.3 Å². The second-order valence-electron chi connectivity index (χ2n) is 3.20. The topological polar surface area (TPSA) is 63.6 Å². The molecule has 0 saturated carbocycles. The SMILES string of the molecule is CCOC(=O)CCSc1ccccc1C(=O)O. The lowest BCUT2D eigenvalue weighted by Crippen LogP contribution is -2.05. The molecule has 0 aliphatic carbocycles. The van der Waals surface area contributed by atoms with Gasteiger partial charge in [-0.15, -0.1) is 11.8 Å². The molecule has 0 saturated heterocycles. The maximum atomic E-state index is 11.1. The fourth-order valence-electron chi connectivity index (χ4n) is 1.25. The first kappa shape index (κ1) is 13.6. The van der Waals surface area contributed by atoms with E-state index in [9.17, 15) is 9.59 Å². The van der Waals surface area contributed by atoms with E-state index < -0.39 is 5.97 Å². The number of carboxylic acids is 1. The fraction of sp³-hybridized carbons (Fsp3) is 0.333. The van der Waals surface area contributed by atoms with Crippen LogP contribution in [0.5, 0.6) is 0 Å². The number of hydrogen-bond donors (Lipinski definition) is 1. The van der Waals surface area contributed by atoms with Crippen molar-refractivity contribution in [2.75, 3.05) is 12.4 Å². The third-order valence-electron chi connectivity index (χ3n) is 1.99. The van der Waals surface area contributed by atoms with Crippen LogP contribution >= 0.6 is 11.8 Å². The third-order valence-corrected chi connectivity index (χ3v) is 3.06. The molecule has 0 amide bonds. The summed E-state index contributed by atoms with van der Waals surface area (Å²) in [5, 5.41) is 8.95. The Labute approximate surface area is 104 Å². The summed E-state index contributed by atoms with van der Waals surface area (Å²) < 4.78 is 4.79. The monoisotopic (exact) mass is 254 g/mol. The van der Waals surface area contributed by atoms with Gasteiger partial charge in [-0.3, -0.25) is 4.79 Å². The van der Waals surface area contributed by atoms with Crippen molar-refractivity contribution in [1.29, 1.82) is 0 Å². The van der Waals surface area contributed by atoms with Gasteiger partial charge in [-0.25, -0.2) is 4.79 Å². The van der Waals surface area contributed by atoms with Crippen LogP contribution in [0.3, 0.4) is 0 Å². The first-order valence-electron chi connectivity index (χ1n) is 5.26. The van der Waals surface area contributed by atoms with Crippen LogP contribution in [0, 0.1) is 0 Å². The number of esters is 1. The summed E-state index contributed by atoms with van der Waals surface area (Å²) in [6.45, 7) is 2.12. The third kappa shape index (κ3) is 4.48. The number of thioether (sulfide) groups is 1. The second kappa shape index (κ2) is 6.96. The van der Waals surface area contributed by atoms with Crippen LogP contribution in [0.15, 0.2) is 29.2 Å². The number of carbonyl (C=O) groups excluding carboxylic acids is 1. The number of aromatic carboxylic acids is 1. The quantitative estimate of drug-likeness (QED) is 0.624. The zero-order chi connectivity index (χ0) is 12.7. The Bertz CT molecular complexity index is 403. The van der Waals surface area contributed by atoms with Crippen molar-refractivity contribution in [1.82, 2.24) is 0 Å². The molecule has 0 aromatic heterocycles. The van der Waals surface area contributed by atoms with Gasteiger partial charge in [-0.05, 0) is 19.1 Å². The zero-order valence-corrected chi connectivity index (χ0v) is 10.3. The van der Waals surface area contributed by atoms with Crippen LogP contribution in [-0.4, -0.2) is 29.4 Å². The largest absolute Gasteiger partial charge is 0.478 e.